The Morgan fingerprint density at radius 2 is 1.57 bits per heavy atom. The normalized spacial score (nSPS) is 18.7. The first-order valence-corrected chi connectivity index (χ1v) is 11.8. The third-order valence-corrected chi connectivity index (χ3v) is 7.13. The van der Waals surface area contributed by atoms with E-state index in [9.17, 15) is 9.90 Å². The van der Waals surface area contributed by atoms with Crippen LogP contribution >= 0.6 is 11.8 Å². The fraction of sp³-hybridized carbons (Fsp3) is 0.500. The summed E-state index contributed by atoms with van der Waals surface area (Å²) in [7, 11) is 0. The summed E-state index contributed by atoms with van der Waals surface area (Å²) < 4.78 is 0. The largest absolute Gasteiger partial charge is 0.507 e. The molecule has 0 spiro atoms. The quantitative estimate of drug-likeness (QED) is 0.635. The first kappa shape index (κ1) is 22.7. The summed E-state index contributed by atoms with van der Waals surface area (Å²) in [6.07, 6.45) is 0.688. The molecule has 3 nitrogen and oxygen atoms in total. The van der Waals surface area contributed by atoms with Gasteiger partial charge in [0.15, 0.2) is 0 Å². The van der Waals surface area contributed by atoms with Crippen molar-refractivity contribution in [3.05, 3.63) is 64.7 Å². The van der Waals surface area contributed by atoms with Gasteiger partial charge in [-0.05, 0) is 46.4 Å². The van der Waals surface area contributed by atoms with Gasteiger partial charge in [0.2, 0.25) is 5.91 Å². The Bertz CT molecular complexity index is 874. The summed E-state index contributed by atoms with van der Waals surface area (Å²) in [5.41, 5.74) is 3.87. The van der Waals surface area contributed by atoms with E-state index in [0.717, 1.165) is 22.6 Å². The molecule has 2 aromatic carbocycles. The number of carbonyl (C=O) groups excluding carboxylic acids is 1. The Hall–Kier alpha value is -1.94. The van der Waals surface area contributed by atoms with Crippen LogP contribution in [0.15, 0.2) is 42.5 Å². The molecule has 0 aliphatic carbocycles. The second-order valence-electron chi connectivity index (χ2n) is 10.4. The Balaban J connectivity index is 1.87. The molecule has 1 unspecified atom stereocenters. The van der Waals surface area contributed by atoms with E-state index in [-0.39, 0.29) is 28.0 Å². The van der Waals surface area contributed by atoms with Crippen LogP contribution in [0, 0.1) is 0 Å². The van der Waals surface area contributed by atoms with Crippen molar-refractivity contribution in [1.29, 1.82) is 0 Å². The maximum absolute atomic E-state index is 13.2. The lowest BCUT2D eigenvalue weighted by atomic mass is 9.78. The summed E-state index contributed by atoms with van der Waals surface area (Å²) in [6.45, 7) is 14.8. The second kappa shape index (κ2) is 8.30. The van der Waals surface area contributed by atoms with Gasteiger partial charge in [-0.3, -0.25) is 4.79 Å². The van der Waals surface area contributed by atoms with Gasteiger partial charge < -0.3 is 10.0 Å². The standard InChI is InChI=1S/C26H35NO2S/c1-17(19-11-9-8-10-12-19)27-16-30-22(24(27)29)15-18-13-20(25(2,3)4)23(28)21(14-18)26(5,6)7/h8-14,17,22,28H,15-16H2,1-7H3/t17?,22-/m0/s1. The molecule has 1 N–H and O–H groups in total. The zero-order valence-electron chi connectivity index (χ0n) is 19.3. The number of rotatable bonds is 4. The highest BCUT2D eigenvalue weighted by molar-refractivity contribution is 8.01. The zero-order chi connectivity index (χ0) is 22.3. The molecular formula is C26H35NO2S. The Kier molecular flexibility index (Phi) is 6.29. The molecule has 0 bridgehead atoms. The summed E-state index contributed by atoms with van der Waals surface area (Å²) in [4.78, 5) is 15.2. The Morgan fingerprint density at radius 3 is 2.07 bits per heavy atom. The molecular weight excluding hydrogens is 390 g/mol. The molecule has 0 aromatic heterocycles. The third kappa shape index (κ3) is 4.69. The summed E-state index contributed by atoms with van der Waals surface area (Å²) in [6, 6.07) is 14.5. The van der Waals surface area contributed by atoms with E-state index in [2.05, 4.69) is 72.7 Å². The van der Waals surface area contributed by atoms with Gasteiger partial charge in [-0.2, -0.15) is 0 Å². The minimum absolute atomic E-state index is 0.0753. The molecule has 162 valence electrons. The number of phenolic OH excluding ortho intramolecular Hbond substituents is 1. The van der Waals surface area contributed by atoms with Crippen LogP contribution in [0.1, 0.15) is 76.8 Å². The van der Waals surface area contributed by atoms with Crippen molar-refractivity contribution in [2.75, 3.05) is 5.88 Å². The molecule has 1 aliphatic heterocycles. The second-order valence-corrected chi connectivity index (χ2v) is 11.6. The van der Waals surface area contributed by atoms with Crippen molar-refractivity contribution in [1.82, 2.24) is 4.90 Å². The highest BCUT2D eigenvalue weighted by Crippen LogP contribution is 2.41. The molecule has 2 aromatic rings. The van der Waals surface area contributed by atoms with Gasteiger partial charge in [0.1, 0.15) is 5.75 Å². The number of hydrogen-bond acceptors (Lipinski definition) is 3. The predicted molar refractivity (Wildman–Crippen MR) is 127 cm³/mol. The summed E-state index contributed by atoms with van der Waals surface area (Å²) >= 11 is 1.72. The van der Waals surface area contributed by atoms with Gasteiger partial charge in [-0.15, -0.1) is 11.8 Å². The average molecular weight is 426 g/mol. The van der Waals surface area contributed by atoms with Crippen molar-refractivity contribution in [3.8, 4) is 5.75 Å². The maximum atomic E-state index is 13.2. The minimum Gasteiger partial charge on any atom is -0.507 e. The average Bonchev–Trinajstić information content (AvgIpc) is 3.01. The van der Waals surface area contributed by atoms with E-state index in [0.29, 0.717) is 12.2 Å². The van der Waals surface area contributed by atoms with Crippen LogP contribution < -0.4 is 0 Å². The Labute approximate surface area is 185 Å². The van der Waals surface area contributed by atoms with E-state index >= 15 is 0 Å². The lowest BCUT2D eigenvalue weighted by molar-refractivity contribution is -0.130. The summed E-state index contributed by atoms with van der Waals surface area (Å²) in [5, 5.41) is 10.9. The molecule has 0 saturated carbocycles. The van der Waals surface area contributed by atoms with E-state index in [1.54, 1.807) is 11.8 Å². The van der Waals surface area contributed by atoms with Crippen LogP contribution in [-0.4, -0.2) is 27.0 Å². The van der Waals surface area contributed by atoms with Gasteiger partial charge in [-0.1, -0.05) is 84.0 Å². The van der Waals surface area contributed by atoms with Crippen molar-refractivity contribution in [3.63, 3.8) is 0 Å². The highest BCUT2D eigenvalue weighted by Gasteiger charge is 2.36. The lowest BCUT2D eigenvalue weighted by Gasteiger charge is -2.28. The minimum atomic E-state index is -0.166. The number of hydrogen-bond donors (Lipinski definition) is 1. The van der Waals surface area contributed by atoms with Crippen LogP contribution in [0.3, 0.4) is 0 Å². The van der Waals surface area contributed by atoms with Crippen molar-refractivity contribution < 1.29 is 9.90 Å². The number of thioether (sulfide) groups is 1. The molecule has 1 aliphatic rings. The first-order chi connectivity index (χ1) is 13.9. The third-order valence-electron chi connectivity index (χ3n) is 5.93. The van der Waals surface area contributed by atoms with Crippen molar-refractivity contribution >= 4 is 17.7 Å². The SMILES string of the molecule is CC(c1ccccc1)N1CS[C@@H](Cc2cc(C(C)(C)C)c(O)c(C(C)(C)C)c2)C1=O. The number of aromatic hydroxyl groups is 1. The van der Waals surface area contributed by atoms with Crippen LogP contribution in [-0.2, 0) is 22.0 Å². The monoisotopic (exact) mass is 425 g/mol. The topological polar surface area (TPSA) is 40.5 Å². The highest BCUT2D eigenvalue weighted by atomic mass is 32.2. The van der Waals surface area contributed by atoms with E-state index in [1.807, 2.05) is 23.1 Å². The number of carbonyl (C=O) groups is 1. The number of benzene rings is 2. The van der Waals surface area contributed by atoms with Gasteiger partial charge in [0.05, 0.1) is 17.2 Å². The Morgan fingerprint density at radius 1 is 1.03 bits per heavy atom. The van der Waals surface area contributed by atoms with E-state index in [1.165, 1.54) is 5.56 Å². The molecule has 1 heterocycles. The molecule has 2 atom stereocenters. The fourth-order valence-corrected chi connectivity index (χ4v) is 5.30. The van der Waals surface area contributed by atoms with Crippen molar-refractivity contribution in [2.45, 2.75) is 77.0 Å². The fourth-order valence-electron chi connectivity index (χ4n) is 4.02. The van der Waals surface area contributed by atoms with E-state index in [4.69, 9.17) is 0 Å². The number of phenols is 1. The molecule has 3 rings (SSSR count). The van der Waals surface area contributed by atoms with Gasteiger partial charge in [0.25, 0.3) is 0 Å². The predicted octanol–water partition coefficient (Wildman–Crippen LogP) is 6.19. The van der Waals surface area contributed by atoms with Crippen LogP contribution in [0.4, 0.5) is 0 Å². The van der Waals surface area contributed by atoms with Crippen LogP contribution in [0.5, 0.6) is 5.75 Å². The maximum Gasteiger partial charge on any atom is 0.237 e. The van der Waals surface area contributed by atoms with Gasteiger partial charge >= 0.3 is 0 Å². The number of nitrogens with zero attached hydrogens (tertiary/aromatic N) is 1. The van der Waals surface area contributed by atoms with Crippen LogP contribution in [0.2, 0.25) is 0 Å². The summed E-state index contributed by atoms with van der Waals surface area (Å²) in [5.74, 6) is 1.32. The molecule has 1 amide bonds. The zero-order valence-corrected chi connectivity index (χ0v) is 20.1. The molecule has 0 radical (unpaired) electrons. The number of amides is 1. The smallest absolute Gasteiger partial charge is 0.237 e. The van der Waals surface area contributed by atoms with Gasteiger partial charge in [-0.25, -0.2) is 0 Å². The molecule has 4 heteroatoms. The van der Waals surface area contributed by atoms with Crippen LogP contribution in [0.25, 0.3) is 0 Å². The van der Waals surface area contributed by atoms with E-state index < -0.39 is 0 Å². The molecule has 1 saturated heterocycles. The van der Waals surface area contributed by atoms with Gasteiger partial charge in [0, 0.05) is 0 Å². The molecule has 30 heavy (non-hydrogen) atoms. The molecule has 1 fully saturated rings. The first-order valence-electron chi connectivity index (χ1n) is 10.7. The van der Waals surface area contributed by atoms with Crippen molar-refractivity contribution in [2.24, 2.45) is 0 Å². The lowest BCUT2D eigenvalue weighted by Crippen LogP contribution is -2.32.